The molecule has 0 aliphatic heterocycles. The molecule has 6 heteroatoms. The number of carbonyl (C=O) groups excluding carboxylic acids is 1. The van der Waals surface area contributed by atoms with E-state index in [0.717, 1.165) is 10.9 Å². The molecule has 1 unspecified atom stereocenters. The predicted octanol–water partition coefficient (Wildman–Crippen LogP) is 2.84. The molecule has 21 heavy (non-hydrogen) atoms. The quantitative estimate of drug-likeness (QED) is 0.712. The molecule has 0 heterocycles. The number of aliphatic carboxylic acids is 1. The summed E-state index contributed by atoms with van der Waals surface area (Å²) in [6, 6.07) is 7.37. The molecule has 0 radical (unpaired) electrons. The molecule has 0 saturated carbocycles. The van der Waals surface area contributed by atoms with E-state index in [1.807, 2.05) is 31.2 Å². The Balaban J connectivity index is 2.26. The number of nitrogens with one attached hydrogen (secondary N) is 1. The van der Waals surface area contributed by atoms with Crippen molar-refractivity contribution in [2.75, 3.05) is 13.2 Å². The van der Waals surface area contributed by atoms with Crippen molar-refractivity contribution in [3.8, 4) is 5.75 Å². The number of carboxylic acids is 1. The van der Waals surface area contributed by atoms with E-state index in [0.29, 0.717) is 12.2 Å². The minimum atomic E-state index is -0.873. The largest absolute Gasteiger partial charge is 0.493 e. The first-order valence-electron chi connectivity index (χ1n) is 6.90. The van der Waals surface area contributed by atoms with Gasteiger partial charge in [0.25, 0.3) is 0 Å². The number of ether oxygens (including phenoxy) is 1. The van der Waals surface area contributed by atoms with Crippen LogP contribution in [0.3, 0.4) is 0 Å². The first kappa shape index (κ1) is 17.5. The third kappa shape index (κ3) is 7.13. The summed E-state index contributed by atoms with van der Waals surface area (Å²) >= 11 is 3.34. The molecule has 0 aliphatic carbocycles. The van der Waals surface area contributed by atoms with Crippen molar-refractivity contribution in [1.29, 1.82) is 0 Å². The average Bonchev–Trinajstić information content (AvgIpc) is 2.43. The Morgan fingerprint density at radius 2 is 2.19 bits per heavy atom. The second-order valence-corrected chi connectivity index (χ2v) is 5.60. The van der Waals surface area contributed by atoms with Crippen LogP contribution in [0.2, 0.25) is 0 Å². The van der Waals surface area contributed by atoms with Gasteiger partial charge in [0.05, 0.1) is 18.9 Å². The summed E-state index contributed by atoms with van der Waals surface area (Å²) in [5, 5.41) is 11.6. The number of carbonyl (C=O) groups is 2. The van der Waals surface area contributed by atoms with Crippen LogP contribution in [0.5, 0.6) is 5.75 Å². The fourth-order valence-corrected chi connectivity index (χ4v) is 2.18. The van der Waals surface area contributed by atoms with Gasteiger partial charge in [0.15, 0.2) is 0 Å². The van der Waals surface area contributed by atoms with Crippen LogP contribution in [0, 0.1) is 5.92 Å². The highest BCUT2D eigenvalue weighted by atomic mass is 79.9. The van der Waals surface area contributed by atoms with E-state index in [2.05, 4.69) is 21.2 Å². The van der Waals surface area contributed by atoms with E-state index in [1.165, 1.54) is 0 Å². The molecule has 1 rings (SSSR count). The van der Waals surface area contributed by atoms with Gasteiger partial charge in [-0.2, -0.15) is 0 Å². The number of hydrogen-bond donors (Lipinski definition) is 2. The monoisotopic (exact) mass is 357 g/mol. The number of rotatable bonds is 9. The Hall–Kier alpha value is -1.56. The second kappa shape index (κ2) is 9.39. The van der Waals surface area contributed by atoms with Crippen molar-refractivity contribution < 1.29 is 19.4 Å². The molecule has 1 amide bonds. The first-order chi connectivity index (χ1) is 10.0. The lowest BCUT2D eigenvalue weighted by atomic mass is 10.0. The molecular weight excluding hydrogens is 338 g/mol. The van der Waals surface area contributed by atoms with E-state index in [-0.39, 0.29) is 25.5 Å². The summed E-state index contributed by atoms with van der Waals surface area (Å²) < 4.78 is 6.36. The van der Waals surface area contributed by atoms with Crippen LogP contribution in [-0.4, -0.2) is 30.1 Å². The van der Waals surface area contributed by atoms with E-state index in [1.54, 1.807) is 0 Å². The smallest absolute Gasteiger partial charge is 0.308 e. The van der Waals surface area contributed by atoms with Crippen molar-refractivity contribution in [2.24, 2.45) is 5.92 Å². The zero-order chi connectivity index (χ0) is 15.7. The molecule has 0 bridgehead atoms. The molecule has 2 N–H and O–H groups in total. The van der Waals surface area contributed by atoms with Crippen LogP contribution < -0.4 is 10.1 Å². The van der Waals surface area contributed by atoms with Gasteiger partial charge in [-0.25, -0.2) is 0 Å². The maximum Gasteiger partial charge on any atom is 0.308 e. The predicted molar refractivity (Wildman–Crippen MR) is 83.3 cm³/mol. The molecule has 116 valence electrons. The van der Waals surface area contributed by atoms with Gasteiger partial charge in [-0.3, -0.25) is 9.59 Å². The third-order valence-corrected chi connectivity index (χ3v) is 3.42. The molecule has 0 saturated heterocycles. The van der Waals surface area contributed by atoms with Gasteiger partial charge in [-0.15, -0.1) is 0 Å². The molecule has 0 aromatic heterocycles. The van der Waals surface area contributed by atoms with Crippen LogP contribution in [0.1, 0.15) is 26.2 Å². The highest BCUT2D eigenvalue weighted by Crippen LogP contribution is 2.17. The Bertz CT molecular complexity index is 478. The SMILES string of the molecule is CCCC(CNC(=O)CCOc1cccc(Br)c1)C(=O)O. The average molecular weight is 358 g/mol. The second-order valence-electron chi connectivity index (χ2n) is 4.68. The standard InChI is InChI=1S/C15H20BrNO4/c1-2-4-11(15(19)20)10-17-14(18)7-8-21-13-6-3-5-12(16)9-13/h3,5-6,9,11H,2,4,7-8,10H2,1H3,(H,17,18)(H,19,20). The van der Waals surface area contributed by atoms with Crippen LogP contribution in [0.15, 0.2) is 28.7 Å². The van der Waals surface area contributed by atoms with Crippen molar-refractivity contribution in [2.45, 2.75) is 26.2 Å². The van der Waals surface area contributed by atoms with Gasteiger partial charge in [-0.05, 0) is 24.6 Å². The van der Waals surface area contributed by atoms with Crippen molar-refractivity contribution in [1.82, 2.24) is 5.32 Å². The number of amides is 1. The van der Waals surface area contributed by atoms with Crippen LogP contribution >= 0.6 is 15.9 Å². The molecule has 0 spiro atoms. The Kier molecular flexibility index (Phi) is 7.82. The van der Waals surface area contributed by atoms with Gasteiger partial charge in [0, 0.05) is 11.0 Å². The van der Waals surface area contributed by atoms with Gasteiger partial charge >= 0.3 is 5.97 Å². The highest BCUT2D eigenvalue weighted by Gasteiger charge is 2.16. The molecule has 0 aliphatic rings. The molecular formula is C15H20BrNO4. The van der Waals surface area contributed by atoms with Gasteiger partial charge in [-0.1, -0.05) is 35.3 Å². The third-order valence-electron chi connectivity index (χ3n) is 2.93. The van der Waals surface area contributed by atoms with Crippen molar-refractivity contribution in [3.63, 3.8) is 0 Å². The van der Waals surface area contributed by atoms with Gasteiger partial charge in [0.2, 0.25) is 5.91 Å². The van der Waals surface area contributed by atoms with Gasteiger partial charge < -0.3 is 15.2 Å². The van der Waals surface area contributed by atoms with Crippen molar-refractivity contribution in [3.05, 3.63) is 28.7 Å². The molecule has 1 atom stereocenters. The molecule has 5 nitrogen and oxygen atoms in total. The first-order valence-corrected chi connectivity index (χ1v) is 7.70. The normalized spacial score (nSPS) is 11.7. The van der Waals surface area contributed by atoms with Gasteiger partial charge in [0.1, 0.15) is 5.75 Å². The zero-order valence-electron chi connectivity index (χ0n) is 12.0. The summed E-state index contributed by atoms with van der Waals surface area (Å²) in [4.78, 5) is 22.6. The maximum absolute atomic E-state index is 11.6. The summed E-state index contributed by atoms with van der Waals surface area (Å²) in [6.07, 6.45) is 1.54. The molecule has 1 aromatic rings. The fraction of sp³-hybridized carbons (Fsp3) is 0.467. The van der Waals surface area contributed by atoms with Crippen LogP contribution in [0.4, 0.5) is 0 Å². The zero-order valence-corrected chi connectivity index (χ0v) is 13.6. The number of hydrogen-bond acceptors (Lipinski definition) is 3. The molecule has 1 aromatic carbocycles. The summed E-state index contributed by atoms with van der Waals surface area (Å²) in [5.41, 5.74) is 0. The minimum Gasteiger partial charge on any atom is -0.493 e. The summed E-state index contributed by atoms with van der Waals surface area (Å²) in [6.45, 7) is 2.34. The van der Waals surface area contributed by atoms with Crippen LogP contribution in [0.25, 0.3) is 0 Å². The number of benzene rings is 1. The van der Waals surface area contributed by atoms with E-state index in [4.69, 9.17) is 9.84 Å². The molecule has 0 fully saturated rings. The lowest BCUT2D eigenvalue weighted by Gasteiger charge is -2.12. The van der Waals surface area contributed by atoms with E-state index < -0.39 is 11.9 Å². The lowest BCUT2D eigenvalue weighted by Crippen LogP contribution is -2.33. The fourth-order valence-electron chi connectivity index (χ4n) is 1.81. The topological polar surface area (TPSA) is 75.6 Å². The summed E-state index contributed by atoms with van der Waals surface area (Å²) in [5.74, 6) is -0.911. The minimum absolute atomic E-state index is 0.166. The summed E-state index contributed by atoms with van der Waals surface area (Å²) in [7, 11) is 0. The van der Waals surface area contributed by atoms with E-state index in [9.17, 15) is 9.59 Å². The van der Waals surface area contributed by atoms with E-state index >= 15 is 0 Å². The highest BCUT2D eigenvalue weighted by molar-refractivity contribution is 9.10. The Morgan fingerprint density at radius 3 is 2.81 bits per heavy atom. The lowest BCUT2D eigenvalue weighted by molar-refractivity contribution is -0.141. The maximum atomic E-state index is 11.6. The van der Waals surface area contributed by atoms with Crippen molar-refractivity contribution >= 4 is 27.8 Å². The van der Waals surface area contributed by atoms with Crippen LogP contribution in [-0.2, 0) is 9.59 Å². The number of halogens is 1. The Labute approximate surface area is 132 Å². The number of carboxylic acid groups (broad SMARTS) is 1. The Morgan fingerprint density at radius 1 is 1.43 bits per heavy atom.